The molecule has 25 heavy (non-hydrogen) atoms. The number of hydrogen-bond acceptors (Lipinski definition) is 3. The van der Waals surface area contributed by atoms with Crippen molar-refractivity contribution in [3.63, 3.8) is 0 Å². The summed E-state index contributed by atoms with van der Waals surface area (Å²) in [6, 6.07) is 11.1. The second-order valence-electron chi connectivity index (χ2n) is 6.75. The highest BCUT2D eigenvalue weighted by molar-refractivity contribution is 9.10. The number of benzene rings is 2. The first-order valence-electron chi connectivity index (χ1n) is 8.58. The predicted octanol–water partition coefficient (Wildman–Crippen LogP) is 5.60. The molecule has 0 radical (unpaired) electrons. The highest BCUT2D eigenvalue weighted by Gasteiger charge is 2.38. The van der Waals surface area contributed by atoms with Crippen LogP contribution in [0.1, 0.15) is 35.1 Å². The molecule has 0 fully saturated rings. The highest BCUT2D eigenvalue weighted by Crippen LogP contribution is 2.51. The summed E-state index contributed by atoms with van der Waals surface area (Å²) >= 11 is 3.64. The molecular weight excluding hydrogens is 378 g/mol. The SMILES string of the molecule is COc1cc([C@H]2Nc3c(C)cccc3[C@@H]3C=CC[C@H]23)cc(Br)c1OC. The maximum Gasteiger partial charge on any atom is 0.174 e. The van der Waals surface area contributed by atoms with Gasteiger partial charge in [-0.05, 0) is 64.0 Å². The van der Waals surface area contributed by atoms with Crippen molar-refractivity contribution < 1.29 is 9.47 Å². The minimum atomic E-state index is 0.240. The Balaban J connectivity index is 1.82. The van der Waals surface area contributed by atoms with Crippen molar-refractivity contribution in [1.82, 2.24) is 0 Å². The van der Waals surface area contributed by atoms with E-state index in [0.29, 0.717) is 11.8 Å². The van der Waals surface area contributed by atoms with Gasteiger partial charge in [0.1, 0.15) is 0 Å². The maximum atomic E-state index is 5.55. The fourth-order valence-electron chi connectivity index (χ4n) is 4.23. The van der Waals surface area contributed by atoms with Gasteiger partial charge < -0.3 is 14.8 Å². The fourth-order valence-corrected chi connectivity index (χ4v) is 4.85. The van der Waals surface area contributed by atoms with Gasteiger partial charge in [0.2, 0.25) is 0 Å². The van der Waals surface area contributed by atoms with Gasteiger partial charge in [-0.25, -0.2) is 0 Å². The zero-order chi connectivity index (χ0) is 17.6. The van der Waals surface area contributed by atoms with Gasteiger partial charge in [-0.2, -0.15) is 0 Å². The Hall–Kier alpha value is -1.94. The van der Waals surface area contributed by atoms with Gasteiger partial charge in [-0.1, -0.05) is 30.4 Å². The van der Waals surface area contributed by atoms with Crippen LogP contribution in [0.5, 0.6) is 11.5 Å². The zero-order valence-corrected chi connectivity index (χ0v) is 16.3. The Labute approximate surface area is 157 Å². The van der Waals surface area contributed by atoms with Crippen LogP contribution in [0.4, 0.5) is 5.69 Å². The van der Waals surface area contributed by atoms with E-state index >= 15 is 0 Å². The van der Waals surface area contributed by atoms with E-state index in [2.05, 4.69) is 70.7 Å². The third-order valence-electron chi connectivity index (χ3n) is 5.42. The summed E-state index contributed by atoms with van der Waals surface area (Å²) in [5.74, 6) is 2.47. The molecule has 0 spiro atoms. The number of aryl methyl sites for hydroxylation is 1. The predicted molar refractivity (Wildman–Crippen MR) is 105 cm³/mol. The summed E-state index contributed by atoms with van der Waals surface area (Å²) in [7, 11) is 3.35. The number of nitrogens with one attached hydrogen (secondary N) is 1. The van der Waals surface area contributed by atoms with Crippen LogP contribution in [0.15, 0.2) is 47.0 Å². The van der Waals surface area contributed by atoms with Gasteiger partial charge in [0.15, 0.2) is 11.5 Å². The zero-order valence-electron chi connectivity index (χ0n) is 14.7. The van der Waals surface area contributed by atoms with Gasteiger partial charge in [0.05, 0.1) is 24.7 Å². The van der Waals surface area contributed by atoms with Gasteiger partial charge in [0, 0.05) is 11.6 Å². The van der Waals surface area contributed by atoms with Crippen LogP contribution in [0.3, 0.4) is 0 Å². The third-order valence-corrected chi connectivity index (χ3v) is 6.01. The normalized spacial score (nSPS) is 23.6. The van der Waals surface area contributed by atoms with Crippen LogP contribution in [0.25, 0.3) is 0 Å². The number of fused-ring (bicyclic) bond motifs is 3. The molecule has 1 N–H and O–H groups in total. The van der Waals surface area contributed by atoms with Gasteiger partial charge in [-0.3, -0.25) is 0 Å². The molecule has 0 aromatic heterocycles. The van der Waals surface area contributed by atoms with Crippen molar-refractivity contribution in [3.05, 3.63) is 63.6 Å². The molecule has 2 aromatic rings. The number of para-hydroxylation sites is 1. The molecule has 3 nitrogen and oxygen atoms in total. The average molecular weight is 400 g/mol. The van der Waals surface area contributed by atoms with Crippen molar-refractivity contribution in [1.29, 1.82) is 0 Å². The van der Waals surface area contributed by atoms with Crippen molar-refractivity contribution in [2.24, 2.45) is 5.92 Å². The van der Waals surface area contributed by atoms with Crippen molar-refractivity contribution >= 4 is 21.6 Å². The molecule has 2 aliphatic rings. The average Bonchev–Trinajstić information content (AvgIpc) is 3.10. The number of halogens is 1. The van der Waals surface area contributed by atoms with Crippen LogP contribution >= 0.6 is 15.9 Å². The second-order valence-corrected chi connectivity index (χ2v) is 7.61. The molecule has 1 heterocycles. The molecule has 0 saturated heterocycles. The first-order chi connectivity index (χ1) is 12.1. The van der Waals surface area contributed by atoms with Crippen molar-refractivity contribution in [3.8, 4) is 11.5 Å². The molecule has 130 valence electrons. The van der Waals surface area contributed by atoms with Crippen LogP contribution in [0.2, 0.25) is 0 Å². The summed E-state index contributed by atoms with van der Waals surface area (Å²) in [5, 5.41) is 3.81. The lowest BCUT2D eigenvalue weighted by Crippen LogP contribution is -2.29. The van der Waals surface area contributed by atoms with Crippen LogP contribution < -0.4 is 14.8 Å². The van der Waals surface area contributed by atoms with Crippen molar-refractivity contribution in [2.45, 2.75) is 25.3 Å². The van der Waals surface area contributed by atoms with E-state index in [1.807, 2.05) is 0 Å². The Morgan fingerprint density at radius 2 is 2.00 bits per heavy atom. The van der Waals surface area contributed by atoms with E-state index in [1.165, 1.54) is 22.4 Å². The minimum Gasteiger partial charge on any atom is -0.493 e. The first kappa shape index (κ1) is 16.5. The second kappa shape index (κ2) is 6.41. The standard InChI is InChI=1S/C21H22BrNO2/c1-12-6-4-8-15-14-7-5-9-16(14)20(23-19(12)15)13-10-17(22)21(25-3)18(11-13)24-2/h4-8,10-11,14,16,20,23H,9H2,1-3H3/t14-,16-,20+/m0/s1. The number of ether oxygens (including phenoxy) is 2. The van der Waals surface area contributed by atoms with Gasteiger partial charge >= 0.3 is 0 Å². The molecule has 1 aliphatic carbocycles. The first-order valence-corrected chi connectivity index (χ1v) is 9.37. The Kier molecular flexibility index (Phi) is 4.24. The number of hydrogen-bond donors (Lipinski definition) is 1. The van der Waals surface area contributed by atoms with Crippen LogP contribution in [0, 0.1) is 12.8 Å². The largest absolute Gasteiger partial charge is 0.493 e. The Morgan fingerprint density at radius 3 is 2.76 bits per heavy atom. The van der Waals surface area contributed by atoms with Crippen LogP contribution in [-0.4, -0.2) is 14.2 Å². The lowest BCUT2D eigenvalue weighted by molar-refractivity contribution is 0.351. The molecule has 1 aliphatic heterocycles. The molecule has 3 atom stereocenters. The molecule has 0 unspecified atom stereocenters. The summed E-state index contributed by atoms with van der Waals surface area (Å²) < 4.78 is 11.9. The molecule has 0 bridgehead atoms. The maximum absolute atomic E-state index is 5.55. The highest BCUT2D eigenvalue weighted by atomic mass is 79.9. The lowest BCUT2D eigenvalue weighted by Gasteiger charge is -2.38. The number of anilines is 1. The monoisotopic (exact) mass is 399 g/mol. The van der Waals surface area contributed by atoms with E-state index < -0.39 is 0 Å². The van der Waals surface area contributed by atoms with E-state index in [1.54, 1.807) is 14.2 Å². The summed E-state index contributed by atoms with van der Waals surface area (Å²) in [6.45, 7) is 2.17. The van der Waals surface area contributed by atoms with E-state index in [0.717, 1.165) is 22.4 Å². The van der Waals surface area contributed by atoms with E-state index in [-0.39, 0.29) is 6.04 Å². The summed E-state index contributed by atoms with van der Waals surface area (Å²) in [5.41, 5.74) is 5.19. The topological polar surface area (TPSA) is 30.5 Å². The smallest absolute Gasteiger partial charge is 0.174 e. The molecule has 2 aromatic carbocycles. The van der Waals surface area contributed by atoms with Gasteiger partial charge in [-0.15, -0.1) is 0 Å². The number of allylic oxidation sites excluding steroid dienone is 2. The summed E-state index contributed by atoms with van der Waals surface area (Å²) in [4.78, 5) is 0. The van der Waals surface area contributed by atoms with Gasteiger partial charge in [0.25, 0.3) is 0 Å². The molecule has 0 amide bonds. The van der Waals surface area contributed by atoms with Crippen molar-refractivity contribution in [2.75, 3.05) is 19.5 Å². The number of methoxy groups -OCH3 is 2. The van der Waals surface area contributed by atoms with Crippen LogP contribution in [-0.2, 0) is 0 Å². The molecule has 4 rings (SSSR count). The lowest BCUT2D eigenvalue weighted by atomic mass is 9.76. The molecule has 0 saturated carbocycles. The van der Waals surface area contributed by atoms with E-state index in [9.17, 15) is 0 Å². The fraction of sp³-hybridized carbons (Fsp3) is 0.333. The quantitative estimate of drug-likeness (QED) is 0.681. The Bertz CT molecular complexity index is 846. The number of rotatable bonds is 3. The molecule has 4 heteroatoms. The Morgan fingerprint density at radius 1 is 1.16 bits per heavy atom. The minimum absolute atomic E-state index is 0.240. The summed E-state index contributed by atoms with van der Waals surface area (Å²) in [6.07, 6.45) is 5.77. The molecular formula is C21H22BrNO2. The van der Waals surface area contributed by atoms with E-state index in [4.69, 9.17) is 9.47 Å². The third kappa shape index (κ3) is 2.63.